The average Bonchev–Trinajstić information content (AvgIpc) is 2.90. The maximum absolute atomic E-state index is 14.2. The minimum atomic E-state index is -0.358. The predicted octanol–water partition coefficient (Wildman–Crippen LogP) is 4.49. The third kappa shape index (κ3) is 2.68. The summed E-state index contributed by atoms with van der Waals surface area (Å²) < 4.78 is 20.9. The van der Waals surface area contributed by atoms with Crippen molar-refractivity contribution in [3.8, 4) is 5.75 Å². The molecule has 110 valence electrons. The van der Waals surface area contributed by atoms with Crippen LogP contribution in [0.1, 0.15) is 22.7 Å². The van der Waals surface area contributed by atoms with Crippen molar-refractivity contribution in [3.05, 3.63) is 62.3 Å². The van der Waals surface area contributed by atoms with Crippen LogP contribution in [0, 0.1) is 5.82 Å². The highest BCUT2D eigenvalue weighted by Gasteiger charge is 2.26. The molecule has 0 aliphatic carbocycles. The maximum atomic E-state index is 14.2. The second-order valence-corrected chi connectivity index (χ2v) is 6.26. The van der Waals surface area contributed by atoms with Crippen molar-refractivity contribution in [2.24, 2.45) is 0 Å². The first-order valence-electron chi connectivity index (χ1n) is 6.68. The van der Waals surface area contributed by atoms with Gasteiger partial charge in [0.05, 0.1) is 12.6 Å². The maximum Gasteiger partial charge on any atom is 0.129 e. The fourth-order valence-electron chi connectivity index (χ4n) is 2.75. The molecule has 1 atom stereocenters. The van der Waals surface area contributed by atoms with E-state index in [1.807, 2.05) is 12.1 Å². The molecule has 0 bridgehead atoms. The molecular weight excluding hydrogens is 357 g/mol. The first-order valence-corrected chi connectivity index (χ1v) is 7.85. The zero-order chi connectivity index (χ0) is 15.0. The van der Waals surface area contributed by atoms with Crippen molar-refractivity contribution in [3.63, 3.8) is 0 Å². The van der Waals surface area contributed by atoms with Crippen LogP contribution in [0.25, 0.3) is 0 Å². The van der Waals surface area contributed by atoms with Gasteiger partial charge in [0.1, 0.15) is 11.6 Å². The largest absolute Gasteiger partial charge is 0.493 e. The summed E-state index contributed by atoms with van der Waals surface area (Å²) in [6.07, 6.45) is 0.864. The molecule has 0 saturated carbocycles. The van der Waals surface area contributed by atoms with Crippen molar-refractivity contribution in [1.29, 1.82) is 0 Å². The Morgan fingerprint density at radius 2 is 2.19 bits per heavy atom. The van der Waals surface area contributed by atoms with Crippen molar-refractivity contribution in [2.75, 3.05) is 13.7 Å². The highest BCUT2D eigenvalue weighted by atomic mass is 79.9. The summed E-state index contributed by atoms with van der Waals surface area (Å²) in [7, 11) is 1.79. The molecule has 1 aliphatic heterocycles. The number of halogens is 3. The topological polar surface area (TPSA) is 21.3 Å². The van der Waals surface area contributed by atoms with Crippen LogP contribution in [-0.2, 0) is 6.42 Å². The molecule has 0 saturated heterocycles. The van der Waals surface area contributed by atoms with E-state index < -0.39 is 0 Å². The SMILES string of the molecule is CNC(c1cc(Br)cc2c1OCC2)c1c(F)cccc1Cl. The molecular formula is C16H14BrClFNO. The smallest absolute Gasteiger partial charge is 0.129 e. The van der Waals surface area contributed by atoms with Gasteiger partial charge in [0.25, 0.3) is 0 Å². The van der Waals surface area contributed by atoms with Gasteiger partial charge in [-0.3, -0.25) is 0 Å². The first-order chi connectivity index (χ1) is 10.1. The average molecular weight is 371 g/mol. The Morgan fingerprint density at radius 3 is 2.90 bits per heavy atom. The van der Waals surface area contributed by atoms with E-state index in [4.69, 9.17) is 16.3 Å². The normalized spacial score (nSPS) is 14.7. The third-order valence-electron chi connectivity index (χ3n) is 3.67. The van der Waals surface area contributed by atoms with Crippen LogP contribution in [0.15, 0.2) is 34.8 Å². The van der Waals surface area contributed by atoms with Gasteiger partial charge >= 0.3 is 0 Å². The standard InChI is InChI=1S/C16H14BrClFNO/c1-20-15(14-12(18)3-2-4-13(14)19)11-8-10(17)7-9-5-6-21-16(9)11/h2-4,7-8,15,20H,5-6H2,1H3. The Balaban J connectivity index is 2.18. The molecule has 0 amide bonds. The molecule has 0 fully saturated rings. The molecule has 1 aliphatic rings. The molecule has 2 nitrogen and oxygen atoms in total. The second-order valence-electron chi connectivity index (χ2n) is 4.94. The number of hydrogen-bond donors (Lipinski definition) is 1. The Kier molecular flexibility index (Phi) is 4.20. The van der Waals surface area contributed by atoms with Crippen LogP contribution in [0.4, 0.5) is 4.39 Å². The highest BCUT2D eigenvalue weighted by molar-refractivity contribution is 9.10. The van der Waals surface area contributed by atoms with Crippen molar-refractivity contribution in [1.82, 2.24) is 5.32 Å². The lowest BCUT2D eigenvalue weighted by molar-refractivity contribution is 0.350. The number of hydrogen-bond acceptors (Lipinski definition) is 2. The van der Waals surface area contributed by atoms with Gasteiger partial charge in [-0.05, 0) is 36.9 Å². The van der Waals surface area contributed by atoms with E-state index in [9.17, 15) is 4.39 Å². The molecule has 0 spiro atoms. The Labute approximate surface area is 136 Å². The summed E-state index contributed by atoms with van der Waals surface area (Å²) in [6.45, 7) is 0.653. The van der Waals surface area contributed by atoms with E-state index in [1.54, 1.807) is 19.2 Å². The summed E-state index contributed by atoms with van der Waals surface area (Å²) >= 11 is 9.72. The summed E-state index contributed by atoms with van der Waals surface area (Å²) in [5.74, 6) is 0.505. The van der Waals surface area contributed by atoms with Gasteiger partial charge in [-0.15, -0.1) is 0 Å². The van der Waals surface area contributed by atoms with Crippen molar-refractivity contribution < 1.29 is 9.13 Å². The van der Waals surface area contributed by atoms with Gasteiger partial charge in [0.15, 0.2) is 0 Å². The van der Waals surface area contributed by atoms with E-state index >= 15 is 0 Å². The predicted molar refractivity (Wildman–Crippen MR) is 85.7 cm³/mol. The molecule has 0 radical (unpaired) electrons. The van der Waals surface area contributed by atoms with Crippen LogP contribution in [0.2, 0.25) is 5.02 Å². The Hall–Kier alpha value is -1.10. The van der Waals surface area contributed by atoms with Gasteiger partial charge in [-0.25, -0.2) is 4.39 Å². The van der Waals surface area contributed by atoms with Crippen LogP contribution in [0.5, 0.6) is 5.75 Å². The van der Waals surface area contributed by atoms with Crippen LogP contribution in [-0.4, -0.2) is 13.7 Å². The van der Waals surface area contributed by atoms with E-state index in [1.165, 1.54) is 6.07 Å². The second kappa shape index (κ2) is 5.95. The lowest BCUT2D eigenvalue weighted by Gasteiger charge is -2.21. The molecule has 1 unspecified atom stereocenters. The fraction of sp³-hybridized carbons (Fsp3) is 0.250. The summed E-state index contributed by atoms with van der Waals surface area (Å²) in [6, 6.07) is 8.36. The van der Waals surface area contributed by atoms with Gasteiger partial charge in [0, 0.05) is 27.0 Å². The zero-order valence-corrected chi connectivity index (χ0v) is 13.8. The van der Waals surface area contributed by atoms with E-state index in [2.05, 4.69) is 21.2 Å². The monoisotopic (exact) mass is 369 g/mol. The third-order valence-corrected chi connectivity index (χ3v) is 4.45. The minimum absolute atomic E-state index is 0.325. The Bertz CT molecular complexity index is 672. The molecule has 1 N–H and O–H groups in total. The van der Waals surface area contributed by atoms with Gasteiger partial charge in [0.2, 0.25) is 0 Å². The van der Waals surface area contributed by atoms with Crippen molar-refractivity contribution in [2.45, 2.75) is 12.5 Å². The zero-order valence-electron chi connectivity index (χ0n) is 11.4. The quantitative estimate of drug-likeness (QED) is 0.860. The molecule has 21 heavy (non-hydrogen) atoms. The van der Waals surface area contributed by atoms with Crippen LogP contribution < -0.4 is 10.1 Å². The number of fused-ring (bicyclic) bond motifs is 1. The number of benzene rings is 2. The number of ether oxygens (including phenoxy) is 1. The summed E-state index contributed by atoms with van der Waals surface area (Å²) in [4.78, 5) is 0. The van der Waals surface area contributed by atoms with E-state index in [-0.39, 0.29) is 11.9 Å². The molecule has 5 heteroatoms. The Morgan fingerprint density at radius 1 is 1.38 bits per heavy atom. The van der Waals surface area contributed by atoms with Crippen molar-refractivity contribution >= 4 is 27.5 Å². The van der Waals surface area contributed by atoms with E-state index in [0.29, 0.717) is 17.2 Å². The molecule has 1 heterocycles. The molecule has 3 rings (SSSR count). The minimum Gasteiger partial charge on any atom is -0.493 e. The van der Waals surface area contributed by atoms with Gasteiger partial charge < -0.3 is 10.1 Å². The molecule has 0 aromatic heterocycles. The van der Waals surface area contributed by atoms with Crippen LogP contribution in [0.3, 0.4) is 0 Å². The van der Waals surface area contributed by atoms with Gasteiger partial charge in [-0.2, -0.15) is 0 Å². The number of rotatable bonds is 3. The summed E-state index contributed by atoms with van der Waals surface area (Å²) in [5, 5.41) is 3.55. The van der Waals surface area contributed by atoms with Gasteiger partial charge in [-0.1, -0.05) is 33.6 Å². The highest BCUT2D eigenvalue weighted by Crippen LogP contribution is 2.40. The van der Waals surface area contributed by atoms with Crippen LogP contribution >= 0.6 is 27.5 Å². The lowest BCUT2D eigenvalue weighted by Crippen LogP contribution is -2.20. The number of nitrogens with one attached hydrogen (secondary N) is 1. The molecule has 2 aromatic rings. The lowest BCUT2D eigenvalue weighted by atomic mass is 9.95. The van der Waals surface area contributed by atoms with E-state index in [0.717, 1.165) is 27.8 Å². The molecule has 2 aromatic carbocycles. The summed E-state index contributed by atoms with van der Waals surface area (Å²) in [5.41, 5.74) is 2.47. The fourth-order valence-corrected chi connectivity index (χ4v) is 3.55. The first kappa shape index (κ1) is 14.8.